The van der Waals surface area contributed by atoms with Crippen LogP contribution in [0.4, 0.5) is 17.1 Å². The summed E-state index contributed by atoms with van der Waals surface area (Å²) in [7, 11) is 2.53. The van der Waals surface area contributed by atoms with Gasteiger partial charge in [-0.15, -0.1) is 0 Å². The van der Waals surface area contributed by atoms with Crippen LogP contribution in [0.25, 0.3) is 0 Å². The first kappa shape index (κ1) is 24.5. The number of nitrogens with one attached hydrogen (secondary N) is 2. The number of amides is 2. The van der Waals surface area contributed by atoms with E-state index in [9.17, 15) is 29.6 Å². The molecule has 3 aromatic carbocycles. The summed E-state index contributed by atoms with van der Waals surface area (Å²) in [6, 6.07) is 11.3. The summed E-state index contributed by atoms with van der Waals surface area (Å²) in [5.74, 6) is -3.21. The quantitative estimate of drug-likeness (QED) is 0.277. The van der Waals surface area contributed by atoms with Crippen LogP contribution in [0.2, 0.25) is 0 Å². The molecule has 0 bridgehead atoms. The second-order valence-corrected chi connectivity index (χ2v) is 6.97. The zero-order chi connectivity index (χ0) is 25.7. The number of hydrogen-bond donors (Lipinski definition) is 4. The van der Waals surface area contributed by atoms with E-state index in [0.717, 1.165) is 0 Å². The Labute approximate surface area is 197 Å². The van der Waals surface area contributed by atoms with Gasteiger partial charge in [-0.2, -0.15) is 0 Å². The molecule has 3 rings (SSSR count). The fraction of sp³-hybridized carbons (Fsp3) is 0.0870. The maximum atomic E-state index is 12.8. The summed E-state index contributed by atoms with van der Waals surface area (Å²) in [5.41, 5.74) is -0.0843. The largest absolute Gasteiger partial charge is 0.504 e. The van der Waals surface area contributed by atoms with Crippen molar-refractivity contribution in [3.05, 3.63) is 81.4 Å². The Morgan fingerprint density at radius 3 is 2.03 bits per heavy atom. The molecule has 0 radical (unpaired) electrons. The molecule has 0 unspecified atom stereocenters. The van der Waals surface area contributed by atoms with Crippen molar-refractivity contribution < 1.29 is 39.0 Å². The molecule has 0 saturated heterocycles. The van der Waals surface area contributed by atoms with Crippen LogP contribution >= 0.6 is 0 Å². The van der Waals surface area contributed by atoms with Gasteiger partial charge in [0.15, 0.2) is 11.5 Å². The molecule has 0 aliphatic carbocycles. The molecule has 0 aromatic heterocycles. The summed E-state index contributed by atoms with van der Waals surface area (Å²) in [6.45, 7) is 0. The summed E-state index contributed by atoms with van der Waals surface area (Å²) < 4.78 is 10.3. The number of aromatic carboxylic acids is 1. The number of nitro groups is 1. The number of phenolic OH excluding ortho intramolecular Hbond substituents is 1. The zero-order valence-corrected chi connectivity index (χ0v) is 18.4. The minimum atomic E-state index is -1.17. The smallest absolute Gasteiger partial charge is 0.335 e. The average Bonchev–Trinajstić information content (AvgIpc) is 2.84. The van der Waals surface area contributed by atoms with Crippen molar-refractivity contribution in [2.45, 2.75) is 0 Å². The van der Waals surface area contributed by atoms with Crippen LogP contribution in [0, 0.1) is 10.1 Å². The van der Waals surface area contributed by atoms with E-state index >= 15 is 0 Å². The van der Waals surface area contributed by atoms with Gasteiger partial charge in [-0.25, -0.2) is 4.79 Å². The SMILES string of the molecule is COc1cc(C(=O)O)ccc1NC(=O)c1ccc(NC(=O)c2ccc([N+](=O)[O-])cc2)c(OC)c1O. The Kier molecular flexibility index (Phi) is 7.15. The topological polar surface area (TPSA) is 177 Å². The number of carboxylic acid groups (broad SMARTS) is 1. The average molecular weight is 481 g/mol. The number of anilines is 2. The molecule has 0 aliphatic heterocycles. The summed E-state index contributed by atoms with van der Waals surface area (Å²) >= 11 is 0. The van der Waals surface area contributed by atoms with Crippen LogP contribution in [0.5, 0.6) is 17.2 Å². The number of phenols is 1. The molecule has 0 aliphatic rings. The molecule has 4 N–H and O–H groups in total. The monoisotopic (exact) mass is 481 g/mol. The molecule has 0 atom stereocenters. The highest BCUT2D eigenvalue weighted by atomic mass is 16.6. The highest BCUT2D eigenvalue weighted by Crippen LogP contribution is 2.38. The van der Waals surface area contributed by atoms with E-state index < -0.39 is 28.5 Å². The lowest BCUT2D eigenvalue weighted by Gasteiger charge is -2.15. The molecule has 0 heterocycles. The number of rotatable bonds is 8. The first-order valence-corrected chi connectivity index (χ1v) is 9.84. The van der Waals surface area contributed by atoms with Gasteiger partial charge in [-0.3, -0.25) is 19.7 Å². The summed E-state index contributed by atoms with van der Waals surface area (Å²) in [4.78, 5) is 46.6. The molecule has 0 saturated carbocycles. The summed E-state index contributed by atoms with van der Waals surface area (Å²) in [5, 5.41) is 35.5. The van der Waals surface area contributed by atoms with Crippen molar-refractivity contribution in [3.8, 4) is 17.2 Å². The van der Waals surface area contributed by atoms with Crippen LogP contribution in [0.15, 0.2) is 54.6 Å². The van der Waals surface area contributed by atoms with Gasteiger partial charge in [0.1, 0.15) is 5.75 Å². The molecular weight excluding hydrogens is 462 g/mol. The number of nitro benzene ring substituents is 1. The fourth-order valence-electron chi connectivity index (χ4n) is 3.11. The number of aromatic hydroxyl groups is 1. The lowest BCUT2D eigenvalue weighted by molar-refractivity contribution is -0.384. The van der Waals surface area contributed by atoms with Crippen LogP contribution in [-0.2, 0) is 0 Å². The number of carboxylic acids is 1. The zero-order valence-electron chi connectivity index (χ0n) is 18.4. The summed E-state index contributed by atoms with van der Waals surface area (Å²) in [6.07, 6.45) is 0. The molecule has 2 amide bonds. The van der Waals surface area contributed by atoms with Gasteiger partial charge in [-0.05, 0) is 42.5 Å². The number of methoxy groups -OCH3 is 2. The highest BCUT2D eigenvalue weighted by molar-refractivity contribution is 6.10. The molecular formula is C23H19N3O9. The second-order valence-electron chi connectivity index (χ2n) is 6.97. The Balaban J connectivity index is 1.84. The van der Waals surface area contributed by atoms with E-state index in [0.29, 0.717) is 0 Å². The highest BCUT2D eigenvalue weighted by Gasteiger charge is 2.22. The Morgan fingerprint density at radius 1 is 0.857 bits per heavy atom. The third-order valence-corrected chi connectivity index (χ3v) is 4.87. The van der Waals surface area contributed by atoms with Gasteiger partial charge in [0, 0.05) is 17.7 Å². The predicted octanol–water partition coefficient (Wildman–Crippen LogP) is 3.52. The standard InChI is InChI=1S/C23H19N3O9/c1-34-18-11-13(23(30)31)5-9-16(18)24-22(29)15-8-10-17(20(35-2)19(15)27)25-21(28)12-3-6-14(7-4-12)26(32)33/h3-11,27H,1-2H3,(H,24,29)(H,25,28)(H,30,31). The van der Waals surface area contributed by atoms with E-state index in [2.05, 4.69) is 10.6 Å². The number of carbonyl (C=O) groups excluding carboxylic acids is 2. The molecule has 0 spiro atoms. The Morgan fingerprint density at radius 2 is 1.46 bits per heavy atom. The van der Waals surface area contributed by atoms with Crippen molar-refractivity contribution in [2.24, 2.45) is 0 Å². The minimum Gasteiger partial charge on any atom is -0.504 e. The first-order chi connectivity index (χ1) is 16.7. The van der Waals surface area contributed by atoms with Gasteiger partial charge >= 0.3 is 5.97 Å². The predicted molar refractivity (Wildman–Crippen MR) is 124 cm³/mol. The molecule has 12 heteroatoms. The normalized spacial score (nSPS) is 10.2. The van der Waals surface area contributed by atoms with Gasteiger partial charge in [-0.1, -0.05) is 0 Å². The Bertz CT molecular complexity index is 1320. The number of ether oxygens (including phenoxy) is 2. The maximum absolute atomic E-state index is 12.8. The van der Waals surface area contributed by atoms with Gasteiger partial charge in [0.25, 0.3) is 17.5 Å². The number of hydrogen-bond acceptors (Lipinski definition) is 8. The van der Waals surface area contributed by atoms with Crippen LogP contribution in [0.1, 0.15) is 31.1 Å². The number of non-ortho nitro benzene ring substituents is 1. The number of benzene rings is 3. The molecule has 3 aromatic rings. The van der Waals surface area contributed by atoms with Crippen molar-refractivity contribution in [1.29, 1.82) is 0 Å². The number of carbonyl (C=O) groups is 3. The van der Waals surface area contributed by atoms with Crippen molar-refractivity contribution >= 4 is 34.8 Å². The first-order valence-electron chi connectivity index (χ1n) is 9.84. The molecule has 0 fully saturated rings. The minimum absolute atomic E-state index is 0.0440. The van der Waals surface area contributed by atoms with Gasteiger partial charge in [0.2, 0.25) is 0 Å². The second kappa shape index (κ2) is 10.2. The van der Waals surface area contributed by atoms with Crippen LogP contribution < -0.4 is 20.1 Å². The van der Waals surface area contributed by atoms with E-state index in [4.69, 9.17) is 14.6 Å². The van der Waals surface area contributed by atoms with Crippen LogP contribution in [-0.4, -0.2) is 47.1 Å². The third-order valence-electron chi connectivity index (χ3n) is 4.87. The molecule has 12 nitrogen and oxygen atoms in total. The van der Waals surface area contributed by atoms with Crippen molar-refractivity contribution in [3.63, 3.8) is 0 Å². The lowest BCUT2D eigenvalue weighted by Crippen LogP contribution is -2.15. The van der Waals surface area contributed by atoms with Gasteiger partial charge < -0.3 is 30.3 Å². The van der Waals surface area contributed by atoms with Crippen molar-refractivity contribution in [2.75, 3.05) is 24.9 Å². The van der Waals surface area contributed by atoms with Crippen LogP contribution in [0.3, 0.4) is 0 Å². The van der Waals surface area contributed by atoms with Crippen molar-refractivity contribution in [1.82, 2.24) is 0 Å². The van der Waals surface area contributed by atoms with E-state index in [1.165, 1.54) is 68.8 Å². The maximum Gasteiger partial charge on any atom is 0.335 e. The van der Waals surface area contributed by atoms with E-state index in [1.54, 1.807) is 0 Å². The number of nitrogens with zero attached hydrogens (tertiary/aromatic N) is 1. The lowest BCUT2D eigenvalue weighted by atomic mass is 10.1. The Hall–Kier alpha value is -5.13. The van der Waals surface area contributed by atoms with E-state index in [1.807, 2.05) is 0 Å². The molecule has 180 valence electrons. The molecule has 35 heavy (non-hydrogen) atoms. The van der Waals surface area contributed by atoms with E-state index in [-0.39, 0.29) is 45.3 Å². The van der Waals surface area contributed by atoms with Gasteiger partial charge in [0.05, 0.1) is 41.6 Å². The fourth-order valence-corrected chi connectivity index (χ4v) is 3.11. The third kappa shape index (κ3) is 5.27.